The number of methoxy groups -OCH3 is 1. The summed E-state index contributed by atoms with van der Waals surface area (Å²) in [5.74, 6) is 0.0289. The van der Waals surface area contributed by atoms with E-state index in [0.717, 1.165) is 11.1 Å². The number of hydrogen-bond donors (Lipinski definition) is 1. The van der Waals surface area contributed by atoms with Gasteiger partial charge in [0.1, 0.15) is 11.3 Å². The van der Waals surface area contributed by atoms with E-state index in [1.165, 1.54) is 0 Å². The predicted octanol–water partition coefficient (Wildman–Crippen LogP) is 3.70. The van der Waals surface area contributed by atoms with Gasteiger partial charge in [0.2, 0.25) is 5.91 Å². The number of para-hydroxylation sites is 2. The van der Waals surface area contributed by atoms with Gasteiger partial charge >= 0.3 is 0 Å². The first-order chi connectivity index (χ1) is 16.5. The van der Waals surface area contributed by atoms with Crippen LogP contribution in [0.5, 0.6) is 5.75 Å². The minimum atomic E-state index is -0.301. The maximum absolute atomic E-state index is 13.1. The number of amides is 2. The highest BCUT2D eigenvalue weighted by atomic mass is 16.5. The number of aryl methyl sites for hydroxylation is 1. The molecule has 0 radical (unpaired) electrons. The molecule has 0 bridgehead atoms. The molecule has 0 atom stereocenters. The highest BCUT2D eigenvalue weighted by molar-refractivity contribution is 5.95. The molecule has 3 aromatic rings. The molecule has 0 spiro atoms. The Kier molecular flexibility index (Phi) is 7.11. The number of carbonyl (C=O) groups excluding carboxylic acids is 2. The monoisotopic (exact) mass is 459 g/mol. The van der Waals surface area contributed by atoms with Crippen molar-refractivity contribution < 1.29 is 14.3 Å². The highest BCUT2D eigenvalue weighted by Gasteiger charge is 2.29. The van der Waals surface area contributed by atoms with Crippen LogP contribution < -0.4 is 15.6 Å². The van der Waals surface area contributed by atoms with Gasteiger partial charge in [-0.2, -0.15) is 0 Å². The number of pyridine rings is 1. The molecule has 7 nitrogen and oxygen atoms in total. The van der Waals surface area contributed by atoms with Gasteiger partial charge in [-0.15, -0.1) is 0 Å². The minimum Gasteiger partial charge on any atom is -0.495 e. The fourth-order valence-corrected chi connectivity index (χ4v) is 4.33. The largest absolute Gasteiger partial charge is 0.495 e. The van der Waals surface area contributed by atoms with Crippen LogP contribution in [0.15, 0.2) is 71.7 Å². The molecule has 0 unspecified atom stereocenters. The number of carbonyl (C=O) groups is 2. The zero-order chi connectivity index (χ0) is 24.1. The van der Waals surface area contributed by atoms with E-state index < -0.39 is 0 Å². The van der Waals surface area contributed by atoms with E-state index in [4.69, 9.17) is 4.74 Å². The summed E-state index contributed by atoms with van der Waals surface area (Å²) in [7, 11) is 1.56. The van der Waals surface area contributed by atoms with Gasteiger partial charge in [-0.3, -0.25) is 14.4 Å². The number of rotatable bonds is 6. The number of anilines is 1. The number of piperidine rings is 1. The third-order valence-electron chi connectivity index (χ3n) is 6.20. The van der Waals surface area contributed by atoms with Crippen molar-refractivity contribution in [3.05, 3.63) is 93.9 Å². The van der Waals surface area contributed by atoms with Crippen molar-refractivity contribution in [2.75, 3.05) is 25.5 Å². The number of aromatic nitrogens is 1. The summed E-state index contributed by atoms with van der Waals surface area (Å²) in [4.78, 5) is 40.6. The van der Waals surface area contributed by atoms with Crippen molar-refractivity contribution in [1.82, 2.24) is 9.47 Å². The lowest BCUT2D eigenvalue weighted by atomic mass is 9.95. The number of hydrogen-bond acceptors (Lipinski definition) is 4. The maximum Gasteiger partial charge on any atom is 0.263 e. The molecule has 7 heteroatoms. The summed E-state index contributed by atoms with van der Waals surface area (Å²) < 4.78 is 6.86. The zero-order valence-corrected chi connectivity index (χ0v) is 19.5. The fraction of sp³-hybridized carbons (Fsp3) is 0.296. The molecular weight excluding hydrogens is 430 g/mol. The first kappa shape index (κ1) is 23.3. The lowest BCUT2D eigenvalue weighted by Crippen LogP contribution is -2.43. The SMILES string of the molecule is COc1ccccc1NC(=O)C1CCN(C(=O)c2cccn(Cc3cccc(C)c3)c2=O)CC1. The Bertz CT molecular complexity index is 1240. The van der Waals surface area contributed by atoms with Crippen LogP contribution in [0, 0.1) is 12.8 Å². The van der Waals surface area contributed by atoms with Gasteiger partial charge in [0.05, 0.1) is 19.3 Å². The first-order valence-corrected chi connectivity index (χ1v) is 11.4. The van der Waals surface area contributed by atoms with Gasteiger partial charge < -0.3 is 19.5 Å². The van der Waals surface area contributed by atoms with Crippen LogP contribution in [-0.2, 0) is 11.3 Å². The molecule has 1 aliphatic heterocycles. The third kappa shape index (κ3) is 5.20. The van der Waals surface area contributed by atoms with Gasteiger partial charge in [0.15, 0.2) is 0 Å². The zero-order valence-electron chi connectivity index (χ0n) is 19.5. The Labute approximate surface area is 199 Å². The normalized spacial score (nSPS) is 14.0. The predicted molar refractivity (Wildman–Crippen MR) is 131 cm³/mol. The van der Waals surface area contributed by atoms with E-state index in [1.807, 2.05) is 43.3 Å². The van der Waals surface area contributed by atoms with Crippen LogP contribution in [0.25, 0.3) is 0 Å². The molecule has 1 aromatic heterocycles. The molecule has 2 aromatic carbocycles. The molecule has 0 aliphatic carbocycles. The van der Waals surface area contributed by atoms with Crippen molar-refractivity contribution in [3.8, 4) is 5.75 Å². The van der Waals surface area contributed by atoms with E-state index in [0.29, 0.717) is 43.9 Å². The summed E-state index contributed by atoms with van der Waals surface area (Å²) >= 11 is 0. The lowest BCUT2D eigenvalue weighted by Gasteiger charge is -2.31. The summed E-state index contributed by atoms with van der Waals surface area (Å²) in [6.45, 7) is 3.27. The first-order valence-electron chi connectivity index (χ1n) is 11.4. The topological polar surface area (TPSA) is 80.6 Å². The molecule has 1 N–H and O–H groups in total. The highest BCUT2D eigenvalue weighted by Crippen LogP contribution is 2.26. The molecule has 2 amide bonds. The van der Waals surface area contributed by atoms with Crippen molar-refractivity contribution in [3.63, 3.8) is 0 Å². The third-order valence-corrected chi connectivity index (χ3v) is 6.20. The Morgan fingerprint density at radius 3 is 2.53 bits per heavy atom. The van der Waals surface area contributed by atoms with E-state index in [-0.39, 0.29) is 28.9 Å². The fourth-order valence-electron chi connectivity index (χ4n) is 4.33. The van der Waals surface area contributed by atoms with Crippen molar-refractivity contribution in [1.29, 1.82) is 0 Å². The Hall–Kier alpha value is -3.87. The summed E-state index contributed by atoms with van der Waals surface area (Å²) in [5, 5.41) is 2.93. The summed E-state index contributed by atoms with van der Waals surface area (Å²) in [5.41, 5.74) is 2.62. The molecule has 1 fully saturated rings. The summed E-state index contributed by atoms with van der Waals surface area (Å²) in [6, 6.07) is 18.6. The second-order valence-electron chi connectivity index (χ2n) is 8.60. The van der Waals surface area contributed by atoms with Crippen LogP contribution >= 0.6 is 0 Å². The van der Waals surface area contributed by atoms with E-state index >= 15 is 0 Å². The van der Waals surface area contributed by atoms with Gasteiger partial charge in [0.25, 0.3) is 11.5 Å². The number of nitrogens with zero attached hydrogens (tertiary/aromatic N) is 2. The summed E-state index contributed by atoms with van der Waals surface area (Å²) in [6.07, 6.45) is 2.78. The van der Waals surface area contributed by atoms with Crippen LogP contribution in [-0.4, -0.2) is 41.5 Å². The number of ether oxygens (including phenoxy) is 1. The number of likely N-dealkylation sites (tertiary alicyclic amines) is 1. The molecular formula is C27H29N3O4. The van der Waals surface area contributed by atoms with Crippen molar-refractivity contribution in [2.24, 2.45) is 5.92 Å². The molecule has 4 rings (SSSR count). The lowest BCUT2D eigenvalue weighted by molar-refractivity contribution is -0.121. The Balaban J connectivity index is 1.39. The molecule has 0 saturated carbocycles. The number of benzene rings is 2. The van der Waals surface area contributed by atoms with Gasteiger partial charge in [-0.25, -0.2) is 0 Å². The standard InChI is InChI=1S/C27H29N3O4/c1-19-7-5-8-20(17-19)18-30-14-6-9-22(27(30)33)26(32)29-15-12-21(13-16-29)25(31)28-23-10-3-4-11-24(23)34-2/h3-11,14,17,21H,12-13,15-16,18H2,1-2H3,(H,28,31). The van der Waals surface area contributed by atoms with E-state index in [2.05, 4.69) is 5.32 Å². The van der Waals surface area contributed by atoms with Crippen molar-refractivity contribution >= 4 is 17.5 Å². The van der Waals surface area contributed by atoms with E-state index in [1.54, 1.807) is 47.0 Å². The van der Waals surface area contributed by atoms with Gasteiger partial charge in [0, 0.05) is 25.2 Å². The minimum absolute atomic E-state index is 0.0863. The smallest absolute Gasteiger partial charge is 0.263 e. The molecule has 1 saturated heterocycles. The van der Waals surface area contributed by atoms with Crippen molar-refractivity contribution in [2.45, 2.75) is 26.3 Å². The van der Waals surface area contributed by atoms with Gasteiger partial charge in [-0.1, -0.05) is 42.0 Å². The van der Waals surface area contributed by atoms with E-state index in [9.17, 15) is 14.4 Å². The second-order valence-corrected chi connectivity index (χ2v) is 8.60. The molecule has 176 valence electrons. The van der Waals surface area contributed by atoms with Crippen LogP contribution in [0.2, 0.25) is 0 Å². The van der Waals surface area contributed by atoms with Crippen LogP contribution in [0.4, 0.5) is 5.69 Å². The van der Waals surface area contributed by atoms with Gasteiger partial charge in [-0.05, 0) is 49.6 Å². The average Bonchev–Trinajstić information content (AvgIpc) is 2.85. The Morgan fingerprint density at radius 2 is 1.79 bits per heavy atom. The Morgan fingerprint density at radius 1 is 1.03 bits per heavy atom. The molecule has 1 aliphatic rings. The molecule has 2 heterocycles. The quantitative estimate of drug-likeness (QED) is 0.610. The van der Waals surface area contributed by atoms with Crippen LogP contribution in [0.1, 0.15) is 34.3 Å². The van der Waals surface area contributed by atoms with Crippen LogP contribution in [0.3, 0.4) is 0 Å². The maximum atomic E-state index is 13.1. The number of nitrogens with one attached hydrogen (secondary N) is 1. The molecule has 34 heavy (non-hydrogen) atoms. The average molecular weight is 460 g/mol. The second kappa shape index (κ2) is 10.4.